The molecule has 1 amide bonds. The number of benzene rings is 1. The van der Waals surface area contributed by atoms with Gasteiger partial charge in [0.25, 0.3) is 0 Å². The molecule has 1 fully saturated rings. The molecule has 0 unspecified atom stereocenters. The Hall–Kier alpha value is -0.900. The topological polar surface area (TPSA) is 29.1 Å². The molecule has 0 radical (unpaired) electrons. The van der Waals surface area contributed by atoms with E-state index in [4.69, 9.17) is 0 Å². The lowest BCUT2D eigenvalue weighted by Crippen LogP contribution is -2.16. The molecule has 1 saturated carbocycles. The van der Waals surface area contributed by atoms with Crippen molar-refractivity contribution in [2.24, 2.45) is 5.92 Å². The fourth-order valence-corrected chi connectivity index (χ4v) is 2.99. The summed E-state index contributed by atoms with van der Waals surface area (Å²) in [4.78, 5) is 12.0. The number of halogens is 2. The first-order valence-electron chi connectivity index (χ1n) is 6.90. The Labute approximate surface area is 121 Å². The maximum Gasteiger partial charge on any atom is 0.224 e. The molecule has 2 rings (SSSR count). The molecule has 1 aliphatic rings. The third kappa shape index (κ3) is 4.60. The zero-order valence-electron chi connectivity index (χ0n) is 10.9. The Balaban J connectivity index is 1.87. The van der Waals surface area contributed by atoms with Gasteiger partial charge in [-0.2, -0.15) is 0 Å². The van der Waals surface area contributed by atoms with Gasteiger partial charge in [-0.3, -0.25) is 4.79 Å². The van der Waals surface area contributed by atoms with Crippen molar-refractivity contribution in [3.05, 3.63) is 28.5 Å². The molecule has 1 aromatic carbocycles. The molecule has 0 heterocycles. The van der Waals surface area contributed by atoms with Crippen molar-refractivity contribution < 1.29 is 9.18 Å². The molecule has 19 heavy (non-hydrogen) atoms. The van der Waals surface area contributed by atoms with E-state index in [9.17, 15) is 9.18 Å². The second-order valence-electron chi connectivity index (χ2n) is 5.24. The lowest BCUT2D eigenvalue weighted by molar-refractivity contribution is -0.117. The van der Waals surface area contributed by atoms with Crippen LogP contribution in [0.3, 0.4) is 0 Å². The van der Waals surface area contributed by atoms with Crippen LogP contribution in [-0.2, 0) is 4.79 Å². The highest BCUT2D eigenvalue weighted by Crippen LogP contribution is 2.26. The Morgan fingerprint density at radius 1 is 1.26 bits per heavy atom. The molecule has 1 N–H and O–H groups in total. The number of hydrogen-bond acceptors (Lipinski definition) is 1. The summed E-state index contributed by atoms with van der Waals surface area (Å²) >= 11 is 3.12. The molecule has 0 aromatic heterocycles. The largest absolute Gasteiger partial charge is 0.326 e. The lowest BCUT2D eigenvalue weighted by Gasteiger charge is -2.13. The van der Waals surface area contributed by atoms with Gasteiger partial charge < -0.3 is 5.32 Å². The molecule has 104 valence electrons. The minimum atomic E-state index is -0.318. The number of amides is 1. The van der Waals surface area contributed by atoms with E-state index in [1.54, 1.807) is 12.1 Å². The molecular weight excluding hydrogens is 309 g/mol. The molecule has 0 atom stereocenters. The Bertz CT molecular complexity index is 442. The summed E-state index contributed by atoms with van der Waals surface area (Å²) < 4.78 is 13.5. The van der Waals surface area contributed by atoms with Crippen molar-refractivity contribution in [2.75, 3.05) is 5.32 Å². The second kappa shape index (κ2) is 7.04. The monoisotopic (exact) mass is 327 g/mol. The average molecular weight is 328 g/mol. The van der Waals surface area contributed by atoms with Crippen molar-refractivity contribution in [1.82, 2.24) is 0 Å². The van der Waals surface area contributed by atoms with Crippen molar-refractivity contribution in [3.63, 3.8) is 0 Å². The number of rotatable bonds is 3. The van der Waals surface area contributed by atoms with Gasteiger partial charge in [-0.1, -0.05) is 25.7 Å². The van der Waals surface area contributed by atoms with E-state index >= 15 is 0 Å². The van der Waals surface area contributed by atoms with E-state index in [1.165, 1.54) is 31.7 Å². The molecule has 0 aliphatic heterocycles. The van der Waals surface area contributed by atoms with Gasteiger partial charge in [-0.25, -0.2) is 4.39 Å². The maximum absolute atomic E-state index is 13.1. The molecular formula is C15H19BrFNO. The van der Waals surface area contributed by atoms with Gasteiger partial charge in [0.15, 0.2) is 0 Å². The number of nitrogens with one attached hydrogen (secondary N) is 1. The minimum Gasteiger partial charge on any atom is -0.326 e. The van der Waals surface area contributed by atoms with Crippen LogP contribution in [-0.4, -0.2) is 5.91 Å². The number of carbonyl (C=O) groups excluding carboxylic acids is 1. The quantitative estimate of drug-likeness (QED) is 0.787. The first-order valence-corrected chi connectivity index (χ1v) is 7.69. The fraction of sp³-hybridized carbons (Fsp3) is 0.533. The van der Waals surface area contributed by atoms with Gasteiger partial charge in [0.2, 0.25) is 5.91 Å². The van der Waals surface area contributed by atoms with E-state index in [-0.39, 0.29) is 11.7 Å². The van der Waals surface area contributed by atoms with E-state index in [0.717, 1.165) is 12.8 Å². The number of anilines is 1. The number of hydrogen-bond donors (Lipinski definition) is 1. The highest BCUT2D eigenvalue weighted by molar-refractivity contribution is 9.10. The van der Waals surface area contributed by atoms with Gasteiger partial charge >= 0.3 is 0 Å². The summed E-state index contributed by atoms with van der Waals surface area (Å²) in [6, 6.07) is 4.54. The predicted molar refractivity (Wildman–Crippen MR) is 78.5 cm³/mol. The van der Waals surface area contributed by atoms with Crippen LogP contribution in [0.5, 0.6) is 0 Å². The summed E-state index contributed by atoms with van der Waals surface area (Å²) in [7, 11) is 0. The minimum absolute atomic E-state index is 0.0328. The molecule has 1 aromatic rings. The van der Waals surface area contributed by atoms with Crippen molar-refractivity contribution in [3.8, 4) is 0 Å². The molecule has 0 saturated heterocycles. The van der Waals surface area contributed by atoms with E-state index in [0.29, 0.717) is 22.5 Å². The van der Waals surface area contributed by atoms with Gasteiger partial charge in [0.1, 0.15) is 5.82 Å². The van der Waals surface area contributed by atoms with Crippen molar-refractivity contribution in [2.45, 2.75) is 44.9 Å². The molecule has 1 aliphatic carbocycles. The third-order valence-corrected chi connectivity index (χ3v) is 4.26. The fourth-order valence-electron chi connectivity index (χ4n) is 2.62. The molecule has 2 nitrogen and oxygen atoms in total. The van der Waals surface area contributed by atoms with Gasteiger partial charge in [-0.05, 0) is 52.9 Å². The molecule has 4 heteroatoms. The maximum atomic E-state index is 13.1. The predicted octanol–water partition coefficient (Wildman–Crippen LogP) is 4.89. The standard InChI is InChI=1S/C15H19BrFNO/c16-13-10-12(7-8-14(13)17)18-15(19)9-11-5-3-1-2-4-6-11/h7-8,10-11H,1-6,9H2,(H,18,19). The Morgan fingerprint density at radius 2 is 1.95 bits per heavy atom. The zero-order valence-corrected chi connectivity index (χ0v) is 12.5. The van der Waals surface area contributed by atoms with Crippen LogP contribution in [0.15, 0.2) is 22.7 Å². The van der Waals surface area contributed by atoms with Crippen LogP contribution in [0.2, 0.25) is 0 Å². The second-order valence-corrected chi connectivity index (χ2v) is 6.09. The smallest absolute Gasteiger partial charge is 0.224 e. The third-order valence-electron chi connectivity index (χ3n) is 3.65. The zero-order chi connectivity index (χ0) is 13.7. The first kappa shape index (κ1) is 14.5. The summed E-state index contributed by atoms with van der Waals surface area (Å²) in [6.07, 6.45) is 7.95. The number of carbonyl (C=O) groups is 1. The lowest BCUT2D eigenvalue weighted by atomic mass is 9.96. The van der Waals surface area contributed by atoms with Crippen LogP contribution >= 0.6 is 15.9 Å². The van der Waals surface area contributed by atoms with Gasteiger partial charge in [0, 0.05) is 12.1 Å². The summed E-state index contributed by atoms with van der Waals surface area (Å²) in [5.74, 6) is 0.221. The summed E-state index contributed by atoms with van der Waals surface area (Å²) in [6.45, 7) is 0. The Kier molecular flexibility index (Phi) is 5.37. The summed E-state index contributed by atoms with van der Waals surface area (Å²) in [5, 5.41) is 2.84. The normalized spacial score (nSPS) is 16.9. The van der Waals surface area contributed by atoms with E-state index in [2.05, 4.69) is 21.2 Å². The molecule has 0 spiro atoms. The molecule has 0 bridgehead atoms. The van der Waals surface area contributed by atoms with Crippen LogP contribution in [0.4, 0.5) is 10.1 Å². The van der Waals surface area contributed by atoms with Crippen LogP contribution in [0.25, 0.3) is 0 Å². The van der Waals surface area contributed by atoms with Crippen molar-refractivity contribution in [1.29, 1.82) is 0 Å². The first-order chi connectivity index (χ1) is 9.15. The Morgan fingerprint density at radius 3 is 2.58 bits per heavy atom. The summed E-state index contributed by atoms with van der Waals surface area (Å²) in [5.41, 5.74) is 0.645. The van der Waals surface area contributed by atoms with E-state index in [1.807, 2.05) is 0 Å². The van der Waals surface area contributed by atoms with Gasteiger partial charge in [-0.15, -0.1) is 0 Å². The van der Waals surface area contributed by atoms with E-state index < -0.39 is 0 Å². The SMILES string of the molecule is O=C(CC1CCCCCC1)Nc1ccc(F)c(Br)c1. The van der Waals surface area contributed by atoms with Gasteiger partial charge in [0.05, 0.1) is 4.47 Å². The van der Waals surface area contributed by atoms with Crippen LogP contribution in [0.1, 0.15) is 44.9 Å². The highest BCUT2D eigenvalue weighted by atomic mass is 79.9. The van der Waals surface area contributed by atoms with Crippen LogP contribution in [0, 0.1) is 11.7 Å². The van der Waals surface area contributed by atoms with Crippen molar-refractivity contribution >= 4 is 27.5 Å². The highest BCUT2D eigenvalue weighted by Gasteiger charge is 2.16. The average Bonchev–Trinajstić information content (AvgIpc) is 2.62. The van der Waals surface area contributed by atoms with Crippen LogP contribution < -0.4 is 5.32 Å².